The summed E-state index contributed by atoms with van der Waals surface area (Å²) in [4.78, 5) is 22.5. The summed E-state index contributed by atoms with van der Waals surface area (Å²) in [6, 6.07) is 8.30. The molecule has 0 heterocycles. The van der Waals surface area contributed by atoms with Gasteiger partial charge in [-0.1, -0.05) is 18.2 Å². The van der Waals surface area contributed by atoms with E-state index in [4.69, 9.17) is 5.11 Å². The second-order valence-electron chi connectivity index (χ2n) is 3.36. The summed E-state index contributed by atoms with van der Waals surface area (Å²) in [6.07, 6.45) is 0. The number of benzene rings is 1. The van der Waals surface area contributed by atoms with Crippen molar-refractivity contribution in [3.63, 3.8) is 0 Å². The fourth-order valence-electron chi connectivity index (χ4n) is 1.25. The summed E-state index contributed by atoms with van der Waals surface area (Å²) < 4.78 is 0. The van der Waals surface area contributed by atoms with Gasteiger partial charge in [-0.2, -0.15) is 0 Å². The van der Waals surface area contributed by atoms with Gasteiger partial charge < -0.3 is 10.0 Å². The van der Waals surface area contributed by atoms with Gasteiger partial charge >= 0.3 is 5.97 Å². The van der Waals surface area contributed by atoms with Crippen molar-refractivity contribution in [2.24, 2.45) is 0 Å². The highest BCUT2D eigenvalue weighted by Gasteiger charge is 1.99. The van der Waals surface area contributed by atoms with Crippen LogP contribution in [0.4, 0.5) is 0 Å². The molecule has 0 saturated carbocycles. The summed E-state index contributed by atoms with van der Waals surface area (Å²) in [5, 5.41) is 8.38. The number of carbonyl (C=O) groups is 2. The van der Waals surface area contributed by atoms with Crippen molar-refractivity contribution in [1.29, 1.82) is 0 Å². The zero-order valence-electron chi connectivity index (χ0n) is 10.5. The lowest BCUT2D eigenvalue weighted by Crippen LogP contribution is -2.27. The van der Waals surface area contributed by atoms with Crippen molar-refractivity contribution in [2.45, 2.75) is 20.8 Å². The Hall–Kier alpha value is -1.84. The van der Waals surface area contributed by atoms with Crippen molar-refractivity contribution in [3.8, 4) is 0 Å². The normalized spacial score (nSPS) is 8.88. The molecule has 1 N–H and O–H groups in total. The molecule has 0 aliphatic rings. The predicted octanol–water partition coefficient (Wildman–Crippen LogP) is 2.26. The highest BCUT2D eigenvalue weighted by Crippen LogP contribution is 1.96. The number of rotatable bonds is 3. The first-order chi connectivity index (χ1) is 8.02. The molecule has 1 amide bonds. The standard InChI is InChI=1S/C7H6O2.C6H13NO/c8-7(9)6-4-2-1-3-5-6;1-4-7(5-2)6(3)8/h1-5H,(H,8,9);4-5H2,1-3H3. The molecule has 17 heavy (non-hydrogen) atoms. The van der Waals surface area contributed by atoms with Crippen LogP contribution in [0.15, 0.2) is 30.3 Å². The number of hydrogen-bond acceptors (Lipinski definition) is 2. The lowest BCUT2D eigenvalue weighted by Gasteiger charge is -2.14. The maximum absolute atomic E-state index is 10.5. The van der Waals surface area contributed by atoms with E-state index in [2.05, 4.69) is 0 Å². The van der Waals surface area contributed by atoms with Crippen molar-refractivity contribution in [1.82, 2.24) is 4.90 Å². The van der Waals surface area contributed by atoms with Crippen LogP contribution < -0.4 is 0 Å². The van der Waals surface area contributed by atoms with Crippen LogP contribution in [0.5, 0.6) is 0 Å². The van der Waals surface area contributed by atoms with Crippen LogP contribution in [-0.4, -0.2) is 35.0 Å². The van der Waals surface area contributed by atoms with E-state index in [1.165, 1.54) is 0 Å². The fourth-order valence-corrected chi connectivity index (χ4v) is 1.25. The monoisotopic (exact) mass is 237 g/mol. The van der Waals surface area contributed by atoms with Crippen LogP contribution in [-0.2, 0) is 4.79 Å². The van der Waals surface area contributed by atoms with E-state index in [1.807, 2.05) is 13.8 Å². The maximum atomic E-state index is 10.5. The van der Waals surface area contributed by atoms with Crippen LogP contribution in [0.1, 0.15) is 31.1 Å². The van der Waals surface area contributed by atoms with Gasteiger partial charge in [0.05, 0.1) is 5.56 Å². The van der Waals surface area contributed by atoms with E-state index in [0.717, 1.165) is 13.1 Å². The summed E-state index contributed by atoms with van der Waals surface area (Å²) >= 11 is 0. The minimum atomic E-state index is -0.879. The number of carbonyl (C=O) groups excluding carboxylic acids is 1. The molecule has 1 aromatic carbocycles. The number of hydrogen-bond donors (Lipinski definition) is 1. The smallest absolute Gasteiger partial charge is 0.335 e. The molecule has 0 spiro atoms. The predicted molar refractivity (Wildman–Crippen MR) is 67.0 cm³/mol. The van der Waals surface area contributed by atoms with Crippen LogP contribution in [0, 0.1) is 0 Å². The van der Waals surface area contributed by atoms with E-state index < -0.39 is 5.97 Å². The lowest BCUT2D eigenvalue weighted by molar-refractivity contribution is -0.128. The number of aromatic carboxylic acids is 1. The molecular formula is C13H19NO3. The molecule has 0 saturated heterocycles. The molecule has 0 atom stereocenters. The molecule has 1 aromatic rings. The van der Waals surface area contributed by atoms with E-state index >= 15 is 0 Å². The summed E-state index contributed by atoms with van der Waals surface area (Å²) in [5.74, 6) is -0.717. The molecule has 0 aliphatic heterocycles. The van der Waals surface area contributed by atoms with Crippen molar-refractivity contribution in [3.05, 3.63) is 35.9 Å². The molecule has 0 aromatic heterocycles. The summed E-state index contributed by atoms with van der Waals surface area (Å²) in [7, 11) is 0. The van der Waals surface area contributed by atoms with Gasteiger partial charge in [-0.05, 0) is 26.0 Å². The van der Waals surface area contributed by atoms with Crippen molar-refractivity contribution in [2.75, 3.05) is 13.1 Å². The first-order valence-electron chi connectivity index (χ1n) is 5.56. The Bertz CT molecular complexity index is 345. The van der Waals surface area contributed by atoms with Crippen LogP contribution in [0.2, 0.25) is 0 Å². The summed E-state index contributed by atoms with van der Waals surface area (Å²) in [6.45, 7) is 7.19. The Kier molecular flexibility index (Phi) is 7.43. The molecular weight excluding hydrogens is 218 g/mol. The second kappa shape index (κ2) is 8.33. The molecule has 4 heteroatoms. The summed E-state index contributed by atoms with van der Waals surface area (Å²) in [5.41, 5.74) is 0.331. The fraction of sp³-hybridized carbons (Fsp3) is 0.385. The zero-order chi connectivity index (χ0) is 13.3. The van der Waals surface area contributed by atoms with Gasteiger partial charge in [0.1, 0.15) is 0 Å². The highest BCUT2D eigenvalue weighted by molar-refractivity contribution is 5.87. The topological polar surface area (TPSA) is 57.6 Å². The quantitative estimate of drug-likeness (QED) is 0.877. The van der Waals surface area contributed by atoms with Gasteiger partial charge in [0.2, 0.25) is 5.91 Å². The molecule has 0 aliphatic carbocycles. The third-order valence-corrected chi connectivity index (χ3v) is 2.23. The van der Waals surface area contributed by atoms with E-state index in [-0.39, 0.29) is 5.91 Å². The highest BCUT2D eigenvalue weighted by atomic mass is 16.4. The van der Waals surface area contributed by atoms with Crippen LogP contribution in [0.3, 0.4) is 0 Å². The third-order valence-electron chi connectivity index (χ3n) is 2.23. The van der Waals surface area contributed by atoms with Crippen molar-refractivity contribution >= 4 is 11.9 Å². The second-order valence-corrected chi connectivity index (χ2v) is 3.36. The van der Waals surface area contributed by atoms with Crippen molar-refractivity contribution < 1.29 is 14.7 Å². The lowest BCUT2D eigenvalue weighted by atomic mass is 10.2. The molecule has 1 rings (SSSR count). The van der Waals surface area contributed by atoms with Gasteiger partial charge in [0.25, 0.3) is 0 Å². The maximum Gasteiger partial charge on any atom is 0.335 e. The average molecular weight is 237 g/mol. The first-order valence-corrected chi connectivity index (χ1v) is 5.56. The van der Waals surface area contributed by atoms with E-state index in [0.29, 0.717) is 5.56 Å². The molecule has 0 unspecified atom stereocenters. The van der Waals surface area contributed by atoms with Gasteiger partial charge in [-0.15, -0.1) is 0 Å². The minimum Gasteiger partial charge on any atom is -0.478 e. The van der Waals surface area contributed by atoms with Gasteiger partial charge in [-0.3, -0.25) is 4.79 Å². The molecule has 4 nitrogen and oxygen atoms in total. The minimum absolute atomic E-state index is 0.162. The number of carboxylic acid groups (broad SMARTS) is 1. The molecule has 94 valence electrons. The SMILES string of the molecule is CCN(CC)C(C)=O.O=C(O)c1ccccc1. The Balaban J connectivity index is 0.000000304. The average Bonchev–Trinajstić information content (AvgIpc) is 2.32. The molecule has 0 radical (unpaired) electrons. The third kappa shape index (κ3) is 6.35. The van der Waals surface area contributed by atoms with Gasteiger partial charge in [0.15, 0.2) is 0 Å². The van der Waals surface area contributed by atoms with Gasteiger partial charge in [-0.25, -0.2) is 4.79 Å². The Morgan fingerprint density at radius 1 is 1.12 bits per heavy atom. The van der Waals surface area contributed by atoms with Gasteiger partial charge in [0, 0.05) is 20.0 Å². The van der Waals surface area contributed by atoms with E-state index in [1.54, 1.807) is 42.2 Å². The number of carboxylic acids is 1. The van der Waals surface area contributed by atoms with Crippen LogP contribution >= 0.6 is 0 Å². The largest absolute Gasteiger partial charge is 0.478 e. The van der Waals surface area contributed by atoms with Crippen LogP contribution in [0.25, 0.3) is 0 Å². The molecule has 0 bridgehead atoms. The first kappa shape index (κ1) is 15.2. The molecule has 0 fully saturated rings. The zero-order valence-corrected chi connectivity index (χ0v) is 10.5. The Morgan fingerprint density at radius 2 is 1.59 bits per heavy atom. The Morgan fingerprint density at radius 3 is 1.76 bits per heavy atom. The Labute approximate surface area is 102 Å². The number of amides is 1. The number of nitrogens with zero attached hydrogens (tertiary/aromatic N) is 1. The van der Waals surface area contributed by atoms with E-state index in [9.17, 15) is 9.59 Å².